The van der Waals surface area contributed by atoms with Gasteiger partial charge in [-0.2, -0.15) is 0 Å². The van der Waals surface area contributed by atoms with Gasteiger partial charge in [0, 0.05) is 6.04 Å². The van der Waals surface area contributed by atoms with Crippen molar-refractivity contribution in [1.82, 2.24) is 0 Å². The second kappa shape index (κ2) is 5.52. The van der Waals surface area contributed by atoms with Gasteiger partial charge in [0.15, 0.2) is 0 Å². The third kappa shape index (κ3) is 6.17. The lowest BCUT2D eigenvalue weighted by atomic mass is 10.00. The van der Waals surface area contributed by atoms with Gasteiger partial charge in [-0.1, -0.05) is 20.4 Å². The summed E-state index contributed by atoms with van der Waals surface area (Å²) in [5.74, 6) is 0.487. The maximum absolute atomic E-state index is 5.78. The van der Waals surface area contributed by atoms with E-state index in [9.17, 15) is 0 Å². The quantitative estimate of drug-likeness (QED) is 0.668. The van der Waals surface area contributed by atoms with Crippen molar-refractivity contribution in [2.24, 2.45) is 11.7 Å². The van der Waals surface area contributed by atoms with Crippen LogP contribution >= 0.6 is 0 Å². The summed E-state index contributed by atoms with van der Waals surface area (Å²) >= 11 is 0. The molecule has 0 saturated carbocycles. The fraction of sp³-hybridized carbons (Fsp3) is 0.833. The van der Waals surface area contributed by atoms with Crippen molar-refractivity contribution >= 4 is 0 Å². The zero-order chi connectivity index (χ0) is 11.4. The first-order chi connectivity index (χ1) is 6.24. The molecule has 0 rings (SSSR count). The minimum atomic E-state index is -0.147. The Balaban J connectivity index is 3.92. The second-order valence-electron chi connectivity index (χ2n) is 5.04. The molecule has 0 aromatic carbocycles. The fourth-order valence-corrected chi connectivity index (χ4v) is 1.29. The van der Waals surface area contributed by atoms with Gasteiger partial charge in [-0.15, -0.1) is 0 Å². The van der Waals surface area contributed by atoms with E-state index in [4.69, 9.17) is 10.5 Å². The molecule has 1 unspecified atom stereocenters. The molecule has 0 fully saturated rings. The normalized spacial score (nSPS) is 14.5. The molecule has 0 aliphatic rings. The first kappa shape index (κ1) is 13.7. The van der Waals surface area contributed by atoms with E-state index in [1.807, 2.05) is 6.92 Å². The SMILES string of the molecule is C=C(COC(C)(C)CC(C)N)C(C)C. The summed E-state index contributed by atoms with van der Waals surface area (Å²) in [6.45, 7) is 15.0. The van der Waals surface area contributed by atoms with Gasteiger partial charge in [0.05, 0.1) is 12.2 Å². The summed E-state index contributed by atoms with van der Waals surface area (Å²) in [4.78, 5) is 0. The predicted molar refractivity (Wildman–Crippen MR) is 62.3 cm³/mol. The number of nitrogens with two attached hydrogens (primary N) is 1. The molecule has 0 amide bonds. The van der Waals surface area contributed by atoms with Crippen LogP contribution in [0.3, 0.4) is 0 Å². The first-order valence-electron chi connectivity index (χ1n) is 5.32. The van der Waals surface area contributed by atoms with E-state index >= 15 is 0 Å². The number of rotatable bonds is 6. The van der Waals surface area contributed by atoms with Crippen LogP contribution in [0.5, 0.6) is 0 Å². The lowest BCUT2D eigenvalue weighted by Gasteiger charge is -2.28. The summed E-state index contributed by atoms with van der Waals surface area (Å²) in [6.07, 6.45) is 0.873. The van der Waals surface area contributed by atoms with Crippen molar-refractivity contribution in [3.63, 3.8) is 0 Å². The van der Waals surface area contributed by atoms with Gasteiger partial charge >= 0.3 is 0 Å². The first-order valence-corrected chi connectivity index (χ1v) is 5.32. The van der Waals surface area contributed by atoms with E-state index < -0.39 is 0 Å². The molecule has 2 nitrogen and oxygen atoms in total. The van der Waals surface area contributed by atoms with Crippen molar-refractivity contribution in [1.29, 1.82) is 0 Å². The van der Waals surface area contributed by atoms with Crippen LogP contribution in [0.1, 0.15) is 41.0 Å². The molecule has 0 aromatic rings. The van der Waals surface area contributed by atoms with Gasteiger partial charge in [-0.3, -0.25) is 0 Å². The topological polar surface area (TPSA) is 35.2 Å². The molecular weight excluding hydrogens is 174 g/mol. The van der Waals surface area contributed by atoms with Gasteiger partial charge in [0.1, 0.15) is 0 Å². The standard InChI is InChI=1S/C12H25NO/c1-9(2)10(3)8-14-12(5,6)7-11(4)13/h9,11H,3,7-8,13H2,1-2,4-6H3. The molecular formula is C12H25NO. The van der Waals surface area contributed by atoms with Crippen LogP contribution in [-0.4, -0.2) is 18.2 Å². The van der Waals surface area contributed by atoms with Crippen molar-refractivity contribution in [3.8, 4) is 0 Å². The highest BCUT2D eigenvalue weighted by Gasteiger charge is 2.20. The Morgan fingerprint density at radius 3 is 2.21 bits per heavy atom. The molecule has 2 N–H and O–H groups in total. The molecule has 0 heterocycles. The zero-order valence-corrected chi connectivity index (χ0v) is 10.3. The molecule has 0 aliphatic heterocycles. The number of ether oxygens (including phenoxy) is 1. The Morgan fingerprint density at radius 1 is 1.36 bits per heavy atom. The van der Waals surface area contributed by atoms with Crippen LogP contribution in [0.2, 0.25) is 0 Å². The van der Waals surface area contributed by atoms with Crippen molar-refractivity contribution < 1.29 is 4.74 Å². The third-order valence-corrected chi connectivity index (χ3v) is 2.28. The smallest absolute Gasteiger partial charge is 0.0683 e. The Kier molecular flexibility index (Phi) is 5.38. The van der Waals surface area contributed by atoms with Crippen LogP contribution in [0.4, 0.5) is 0 Å². The Morgan fingerprint density at radius 2 is 1.86 bits per heavy atom. The molecule has 0 radical (unpaired) electrons. The van der Waals surface area contributed by atoms with E-state index in [-0.39, 0.29) is 11.6 Å². The lowest BCUT2D eigenvalue weighted by Crippen LogP contribution is -2.33. The van der Waals surface area contributed by atoms with Gasteiger partial charge in [-0.25, -0.2) is 0 Å². The maximum Gasteiger partial charge on any atom is 0.0683 e. The van der Waals surface area contributed by atoms with Gasteiger partial charge in [-0.05, 0) is 38.7 Å². The summed E-state index contributed by atoms with van der Waals surface area (Å²) in [7, 11) is 0. The van der Waals surface area contributed by atoms with Crippen molar-refractivity contribution in [2.75, 3.05) is 6.61 Å². The van der Waals surface area contributed by atoms with E-state index in [0.717, 1.165) is 12.0 Å². The molecule has 0 aromatic heterocycles. The van der Waals surface area contributed by atoms with Crippen LogP contribution in [0.15, 0.2) is 12.2 Å². The van der Waals surface area contributed by atoms with E-state index in [1.54, 1.807) is 0 Å². The summed E-state index contributed by atoms with van der Waals surface area (Å²) in [5, 5.41) is 0. The molecule has 0 spiro atoms. The van der Waals surface area contributed by atoms with Crippen LogP contribution < -0.4 is 5.73 Å². The molecule has 14 heavy (non-hydrogen) atoms. The minimum absolute atomic E-state index is 0.147. The molecule has 1 atom stereocenters. The average Bonchev–Trinajstić information content (AvgIpc) is 1.97. The van der Waals surface area contributed by atoms with E-state index in [2.05, 4.69) is 34.3 Å². The largest absolute Gasteiger partial charge is 0.371 e. The zero-order valence-electron chi connectivity index (χ0n) is 10.3. The van der Waals surface area contributed by atoms with Gasteiger partial charge in [0.2, 0.25) is 0 Å². The van der Waals surface area contributed by atoms with Crippen LogP contribution in [-0.2, 0) is 4.74 Å². The van der Waals surface area contributed by atoms with E-state index in [0.29, 0.717) is 12.5 Å². The maximum atomic E-state index is 5.78. The predicted octanol–water partition coefficient (Wildman–Crippen LogP) is 2.73. The van der Waals surface area contributed by atoms with Crippen molar-refractivity contribution in [3.05, 3.63) is 12.2 Å². The Hall–Kier alpha value is -0.340. The minimum Gasteiger partial charge on any atom is -0.371 e. The van der Waals surface area contributed by atoms with E-state index in [1.165, 1.54) is 0 Å². The van der Waals surface area contributed by atoms with Crippen LogP contribution in [0.25, 0.3) is 0 Å². The second-order valence-corrected chi connectivity index (χ2v) is 5.04. The summed E-state index contributed by atoms with van der Waals surface area (Å²) in [6, 6.07) is 0.178. The fourth-order valence-electron chi connectivity index (χ4n) is 1.29. The average molecular weight is 199 g/mol. The molecule has 0 aliphatic carbocycles. The Labute approximate surface area is 88.5 Å². The molecule has 2 heteroatoms. The molecule has 84 valence electrons. The van der Waals surface area contributed by atoms with Crippen LogP contribution in [0, 0.1) is 5.92 Å². The number of hydrogen-bond acceptors (Lipinski definition) is 2. The van der Waals surface area contributed by atoms with Gasteiger partial charge < -0.3 is 10.5 Å². The van der Waals surface area contributed by atoms with Gasteiger partial charge in [0.25, 0.3) is 0 Å². The highest BCUT2D eigenvalue weighted by molar-refractivity contribution is 4.98. The molecule has 0 saturated heterocycles. The molecule has 0 bridgehead atoms. The summed E-state index contributed by atoms with van der Waals surface area (Å²) in [5.41, 5.74) is 6.74. The summed E-state index contributed by atoms with van der Waals surface area (Å²) < 4.78 is 5.78. The number of hydrogen-bond donors (Lipinski definition) is 1. The highest BCUT2D eigenvalue weighted by Crippen LogP contribution is 2.18. The van der Waals surface area contributed by atoms with Crippen molar-refractivity contribution in [2.45, 2.75) is 52.7 Å². The monoisotopic (exact) mass is 199 g/mol. The third-order valence-electron chi connectivity index (χ3n) is 2.28. The lowest BCUT2D eigenvalue weighted by molar-refractivity contribution is -0.0161. The Bertz CT molecular complexity index is 183. The highest BCUT2D eigenvalue weighted by atomic mass is 16.5.